The second-order valence-corrected chi connectivity index (χ2v) is 9.52. The third-order valence-corrected chi connectivity index (χ3v) is 7.41. The van der Waals surface area contributed by atoms with Gasteiger partial charge in [-0.1, -0.05) is 0 Å². The van der Waals surface area contributed by atoms with E-state index in [4.69, 9.17) is 5.73 Å². The molecule has 5 rings (SSSR count). The zero-order valence-electron chi connectivity index (χ0n) is 19.5. The van der Waals surface area contributed by atoms with Crippen LogP contribution in [0.3, 0.4) is 0 Å². The first kappa shape index (κ1) is 23.6. The number of phenolic OH excluding ortho intramolecular Hbond substituents is 1. The zero-order valence-corrected chi connectivity index (χ0v) is 19.5. The normalized spacial score (nSPS) is 27.6. The minimum absolute atomic E-state index is 0.0104. The number of Topliss-reactive ketones (excluding diaryl/α,β-unsaturated/α-hetero) is 2. The number of aliphatic hydroxyl groups excluding tert-OH is 2. The van der Waals surface area contributed by atoms with Crippen molar-refractivity contribution in [3.05, 3.63) is 64.4 Å². The van der Waals surface area contributed by atoms with E-state index in [0.717, 1.165) is 0 Å². The highest BCUT2D eigenvalue weighted by Crippen LogP contribution is 2.52. The molecule has 11 nitrogen and oxygen atoms in total. The number of hydrogen-bond acceptors (Lipinski definition) is 10. The highest BCUT2D eigenvalue weighted by atomic mass is 16.3. The van der Waals surface area contributed by atoms with Gasteiger partial charge in [-0.2, -0.15) is 0 Å². The van der Waals surface area contributed by atoms with Gasteiger partial charge in [-0.15, -0.1) is 0 Å². The molecule has 36 heavy (non-hydrogen) atoms. The molecule has 0 bridgehead atoms. The first-order chi connectivity index (χ1) is 17.0. The first-order valence-electron chi connectivity index (χ1n) is 11.3. The number of benzene rings is 1. The van der Waals surface area contributed by atoms with Crippen LogP contribution in [0.4, 0.5) is 0 Å². The Kier molecular flexibility index (Phi) is 5.23. The Morgan fingerprint density at radius 3 is 2.42 bits per heavy atom. The van der Waals surface area contributed by atoms with E-state index in [1.54, 1.807) is 38.6 Å². The number of fused-ring (bicyclic) bond motifs is 3. The molecule has 11 heteroatoms. The quantitative estimate of drug-likeness (QED) is 0.379. The summed E-state index contributed by atoms with van der Waals surface area (Å²) < 4.78 is 0. The Morgan fingerprint density at radius 1 is 1.14 bits per heavy atom. The van der Waals surface area contributed by atoms with Gasteiger partial charge in [-0.25, -0.2) is 9.97 Å². The van der Waals surface area contributed by atoms with Crippen molar-refractivity contribution >= 4 is 17.5 Å². The molecule has 0 saturated carbocycles. The van der Waals surface area contributed by atoms with E-state index in [-0.39, 0.29) is 29.7 Å². The number of amides is 1. The molecule has 1 amide bonds. The highest BCUT2D eigenvalue weighted by molar-refractivity contribution is 6.24. The van der Waals surface area contributed by atoms with Crippen LogP contribution < -0.4 is 5.73 Å². The number of rotatable bonds is 3. The summed E-state index contributed by atoms with van der Waals surface area (Å²) in [5.41, 5.74) is 2.53. The standard InChI is InChI=1S/C25H24N4O7/c1-29(2)18-13-9-10-8-12-11(24-27-6-3-7-28-24)4-5-14(30)16(12)19(31)15(10)21(33)25(13,36)22(34)17(20(18)32)23(26)35/h3-7,10,13,18,30,32-33,36H,8-9H2,1-2H3,(H2,26,35)/t10-,13-,18+,25-/m0/s1. The topological polar surface area (TPSA) is 187 Å². The van der Waals surface area contributed by atoms with E-state index in [0.29, 0.717) is 17.0 Å². The van der Waals surface area contributed by atoms with Crippen molar-refractivity contribution in [2.75, 3.05) is 14.1 Å². The third-order valence-electron chi connectivity index (χ3n) is 7.41. The molecule has 6 N–H and O–H groups in total. The predicted octanol–water partition coefficient (Wildman–Crippen LogP) is 0.578. The van der Waals surface area contributed by atoms with Gasteiger partial charge in [0.15, 0.2) is 17.2 Å². The van der Waals surface area contributed by atoms with Crippen LogP contribution in [0.25, 0.3) is 11.4 Å². The van der Waals surface area contributed by atoms with Gasteiger partial charge < -0.3 is 26.2 Å². The number of nitrogens with zero attached hydrogens (tertiary/aromatic N) is 3. The van der Waals surface area contributed by atoms with Crippen molar-refractivity contribution in [3.63, 3.8) is 0 Å². The largest absolute Gasteiger partial charge is 0.510 e. The molecule has 186 valence electrons. The Morgan fingerprint density at radius 2 is 1.81 bits per heavy atom. The molecule has 0 fully saturated rings. The average molecular weight is 492 g/mol. The number of likely N-dealkylation sites (N-methyl/N-ethyl adjacent to an activating group) is 1. The molecule has 0 radical (unpaired) electrons. The molecule has 2 aromatic rings. The lowest BCUT2D eigenvalue weighted by Gasteiger charge is -2.50. The number of hydrogen-bond donors (Lipinski definition) is 5. The van der Waals surface area contributed by atoms with Gasteiger partial charge in [0.25, 0.3) is 5.91 Å². The fraction of sp³-hybridized carbons (Fsp3) is 0.320. The summed E-state index contributed by atoms with van der Waals surface area (Å²) in [4.78, 5) is 49.0. The number of ketones is 2. The maximum Gasteiger partial charge on any atom is 0.255 e. The smallest absolute Gasteiger partial charge is 0.255 e. The number of phenols is 1. The number of carbonyl (C=O) groups is 3. The Bertz CT molecular complexity index is 1400. The fourth-order valence-electron chi connectivity index (χ4n) is 5.90. The van der Waals surface area contributed by atoms with Crippen LogP contribution in [0.2, 0.25) is 0 Å². The lowest BCUT2D eigenvalue weighted by Crippen LogP contribution is -2.63. The summed E-state index contributed by atoms with van der Waals surface area (Å²) in [5.74, 6) is -6.54. The Balaban J connectivity index is 1.73. The van der Waals surface area contributed by atoms with E-state index < -0.39 is 58.0 Å². The summed E-state index contributed by atoms with van der Waals surface area (Å²) in [6, 6.07) is 3.52. The summed E-state index contributed by atoms with van der Waals surface area (Å²) in [6.07, 6.45) is 3.27. The molecule has 3 aliphatic rings. The number of carbonyl (C=O) groups excluding carboxylic acids is 3. The monoisotopic (exact) mass is 492 g/mol. The molecular weight excluding hydrogens is 468 g/mol. The number of aromatic hydroxyl groups is 1. The molecule has 3 aliphatic carbocycles. The second-order valence-electron chi connectivity index (χ2n) is 9.52. The zero-order chi connectivity index (χ0) is 26.1. The van der Waals surface area contributed by atoms with Crippen molar-refractivity contribution < 1.29 is 34.8 Å². The molecule has 1 heterocycles. The maximum atomic E-state index is 13.7. The Hall–Kier alpha value is -4.09. The van der Waals surface area contributed by atoms with Gasteiger partial charge in [0.2, 0.25) is 5.78 Å². The van der Waals surface area contributed by atoms with Crippen LogP contribution in [0.15, 0.2) is 53.3 Å². The molecule has 4 atom stereocenters. The van der Waals surface area contributed by atoms with E-state index in [2.05, 4.69) is 9.97 Å². The Labute approximate surface area is 205 Å². The van der Waals surface area contributed by atoms with Crippen LogP contribution >= 0.6 is 0 Å². The van der Waals surface area contributed by atoms with Crippen LogP contribution in [0.1, 0.15) is 22.3 Å². The summed E-state index contributed by atoms with van der Waals surface area (Å²) in [6.45, 7) is 0. The van der Waals surface area contributed by atoms with Crippen molar-refractivity contribution in [1.29, 1.82) is 0 Å². The molecule has 0 aliphatic heterocycles. The molecule has 0 saturated heterocycles. The van der Waals surface area contributed by atoms with E-state index in [1.807, 2.05) is 0 Å². The molecular formula is C25H24N4O7. The average Bonchev–Trinajstić information content (AvgIpc) is 2.81. The van der Waals surface area contributed by atoms with Gasteiger partial charge in [0, 0.05) is 29.4 Å². The van der Waals surface area contributed by atoms with Crippen molar-refractivity contribution in [2.45, 2.75) is 24.5 Å². The SMILES string of the molecule is CN(C)[C@H]1C(O)=C(C(N)=O)C(=O)[C@@]2(O)C(O)=C3C(=O)c4c(O)ccc(-c5ncccn5)c4C[C@H]3C[C@@H]12. The second kappa shape index (κ2) is 7.97. The summed E-state index contributed by atoms with van der Waals surface area (Å²) in [7, 11) is 3.16. The predicted molar refractivity (Wildman–Crippen MR) is 125 cm³/mol. The molecule has 1 aromatic heterocycles. The number of aliphatic hydroxyl groups is 3. The van der Waals surface area contributed by atoms with E-state index in [1.165, 1.54) is 11.0 Å². The first-order valence-corrected chi connectivity index (χ1v) is 11.3. The highest BCUT2D eigenvalue weighted by Gasteiger charge is 2.63. The van der Waals surface area contributed by atoms with Crippen LogP contribution in [-0.2, 0) is 16.0 Å². The van der Waals surface area contributed by atoms with Crippen molar-refractivity contribution in [3.8, 4) is 17.1 Å². The lowest BCUT2D eigenvalue weighted by atomic mass is 9.58. The van der Waals surface area contributed by atoms with Gasteiger partial charge in [0.05, 0.1) is 11.6 Å². The van der Waals surface area contributed by atoms with Gasteiger partial charge in [-0.3, -0.25) is 19.3 Å². The number of aromatic nitrogens is 2. The number of primary amides is 1. The van der Waals surface area contributed by atoms with E-state index >= 15 is 0 Å². The maximum absolute atomic E-state index is 13.7. The van der Waals surface area contributed by atoms with Crippen LogP contribution in [0, 0.1) is 11.8 Å². The summed E-state index contributed by atoms with van der Waals surface area (Å²) >= 11 is 0. The van der Waals surface area contributed by atoms with Gasteiger partial charge in [0.1, 0.15) is 22.8 Å². The van der Waals surface area contributed by atoms with E-state index in [9.17, 15) is 34.8 Å². The lowest BCUT2D eigenvalue weighted by molar-refractivity contribution is -0.148. The minimum Gasteiger partial charge on any atom is -0.510 e. The van der Waals surface area contributed by atoms with Crippen molar-refractivity contribution in [1.82, 2.24) is 14.9 Å². The molecule has 0 spiro atoms. The fourth-order valence-corrected chi connectivity index (χ4v) is 5.90. The van der Waals surface area contributed by atoms with Gasteiger partial charge in [-0.05, 0) is 56.6 Å². The van der Waals surface area contributed by atoms with Crippen LogP contribution in [-0.4, -0.2) is 78.5 Å². The third kappa shape index (κ3) is 3.02. The minimum atomic E-state index is -2.67. The molecule has 1 aromatic carbocycles. The van der Waals surface area contributed by atoms with Gasteiger partial charge >= 0.3 is 0 Å². The van der Waals surface area contributed by atoms with Crippen LogP contribution in [0.5, 0.6) is 5.75 Å². The molecule has 0 unspecified atom stereocenters. The number of nitrogens with two attached hydrogens (primary N) is 1. The summed E-state index contributed by atoms with van der Waals surface area (Å²) in [5, 5.41) is 44.3. The number of allylic oxidation sites excluding steroid dienone is 1. The van der Waals surface area contributed by atoms with Crippen molar-refractivity contribution in [2.24, 2.45) is 17.6 Å².